The molecule has 0 aliphatic rings. The molecule has 1 heteroatoms. The van der Waals surface area contributed by atoms with Crippen LogP contribution in [0.15, 0.2) is 23.7 Å². The third kappa shape index (κ3) is 9.44. The molecule has 0 aliphatic carbocycles. The molecule has 0 N–H and O–H groups in total. The van der Waals surface area contributed by atoms with Crippen molar-refractivity contribution in [1.29, 1.82) is 0 Å². The normalized spacial score (nSPS) is 8.73. The van der Waals surface area contributed by atoms with Crippen LogP contribution in [0.4, 0.5) is 0 Å². The summed E-state index contributed by atoms with van der Waals surface area (Å²) in [5, 5.41) is 0. The van der Waals surface area contributed by atoms with Crippen LogP contribution in [-0.4, -0.2) is 0 Å². The molecule has 1 nitrogen and oxygen atoms in total. The molecule has 128 valence electrons. The van der Waals surface area contributed by atoms with Crippen molar-refractivity contribution >= 4 is 18.2 Å². The van der Waals surface area contributed by atoms with Crippen molar-refractivity contribution in [2.75, 3.05) is 0 Å². The topological polar surface area (TPSA) is 13.1 Å². The highest BCUT2D eigenvalue weighted by Crippen LogP contribution is 2.27. The smallest absolute Gasteiger partial charge is 0.134 e. The molecule has 0 saturated heterocycles. The molecule has 0 aromatic carbocycles. The van der Waals surface area contributed by atoms with Crippen LogP contribution in [0.1, 0.15) is 90.9 Å². The molecule has 0 unspecified atom stereocenters. The second-order valence-electron chi connectivity index (χ2n) is 4.09. The second kappa shape index (κ2) is 19.5. The zero-order valence-corrected chi connectivity index (χ0v) is 16.3. The molecule has 0 atom stereocenters. The van der Waals surface area contributed by atoms with Gasteiger partial charge in [0.15, 0.2) is 0 Å². The Morgan fingerprint density at radius 3 is 1.73 bits per heavy atom. The first-order chi connectivity index (χ1) is 10.7. The average Bonchev–Trinajstić information content (AvgIpc) is 2.89. The summed E-state index contributed by atoms with van der Waals surface area (Å²) in [6.07, 6.45) is 10.9. The molecule has 1 heterocycles. The van der Waals surface area contributed by atoms with E-state index in [2.05, 4.69) is 33.9 Å². The number of allylic oxidation sites excluding steroid dienone is 1. The molecule has 0 amide bonds. The fraction of sp³-hybridized carbons (Fsp3) is 0.524. The quantitative estimate of drug-likeness (QED) is 0.536. The van der Waals surface area contributed by atoms with E-state index < -0.39 is 0 Å². The van der Waals surface area contributed by atoms with Crippen LogP contribution in [-0.2, 0) is 6.42 Å². The monoisotopic (exact) mass is 306 g/mol. The van der Waals surface area contributed by atoms with Gasteiger partial charge >= 0.3 is 0 Å². The summed E-state index contributed by atoms with van der Waals surface area (Å²) in [4.78, 5) is 0. The van der Waals surface area contributed by atoms with E-state index in [0.29, 0.717) is 0 Å². The van der Waals surface area contributed by atoms with Crippen LogP contribution < -0.4 is 0 Å². The van der Waals surface area contributed by atoms with Gasteiger partial charge in [0, 0.05) is 11.1 Å². The SMILES string of the molecule is C=Cc1oc(/C=C\C)c(C=C)c1CCC.CC.CC.CCC. The van der Waals surface area contributed by atoms with Crippen molar-refractivity contribution in [3.05, 3.63) is 41.9 Å². The van der Waals surface area contributed by atoms with Crippen LogP contribution >= 0.6 is 0 Å². The lowest BCUT2D eigenvalue weighted by Gasteiger charge is -1.97. The highest BCUT2D eigenvalue weighted by atomic mass is 16.3. The van der Waals surface area contributed by atoms with E-state index in [1.807, 2.05) is 52.8 Å². The highest BCUT2D eigenvalue weighted by Gasteiger charge is 2.13. The largest absolute Gasteiger partial charge is 0.456 e. The van der Waals surface area contributed by atoms with E-state index in [-0.39, 0.29) is 0 Å². The van der Waals surface area contributed by atoms with Gasteiger partial charge in [0.2, 0.25) is 0 Å². The zero-order valence-electron chi connectivity index (χ0n) is 16.3. The Hall–Kier alpha value is -1.50. The third-order valence-electron chi connectivity index (χ3n) is 2.32. The number of hydrogen-bond acceptors (Lipinski definition) is 1. The van der Waals surface area contributed by atoms with Gasteiger partial charge in [-0.25, -0.2) is 0 Å². The maximum absolute atomic E-state index is 5.70. The second-order valence-corrected chi connectivity index (χ2v) is 4.09. The predicted octanol–water partition coefficient (Wildman–Crippen LogP) is 8.02. The van der Waals surface area contributed by atoms with Crippen molar-refractivity contribution < 1.29 is 4.42 Å². The Balaban J connectivity index is -0.000000446. The predicted molar refractivity (Wildman–Crippen MR) is 106 cm³/mol. The van der Waals surface area contributed by atoms with Gasteiger partial charge in [-0.1, -0.05) is 86.6 Å². The van der Waals surface area contributed by atoms with E-state index in [0.717, 1.165) is 29.9 Å². The van der Waals surface area contributed by atoms with Crippen molar-refractivity contribution in [2.24, 2.45) is 0 Å². The lowest BCUT2D eigenvalue weighted by Crippen LogP contribution is -1.86. The van der Waals surface area contributed by atoms with Crippen LogP contribution in [0, 0.1) is 0 Å². The molecule has 0 bridgehead atoms. The van der Waals surface area contributed by atoms with E-state index in [9.17, 15) is 0 Å². The summed E-state index contributed by atoms with van der Waals surface area (Å²) >= 11 is 0. The molecule has 0 saturated carbocycles. The Morgan fingerprint density at radius 2 is 1.41 bits per heavy atom. The van der Waals surface area contributed by atoms with Gasteiger partial charge in [-0.2, -0.15) is 0 Å². The molecule has 1 aromatic heterocycles. The molecule has 0 aliphatic heterocycles. The average molecular weight is 307 g/mol. The minimum Gasteiger partial charge on any atom is -0.456 e. The summed E-state index contributed by atoms with van der Waals surface area (Å²) in [7, 11) is 0. The van der Waals surface area contributed by atoms with Gasteiger partial charge in [0.1, 0.15) is 11.5 Å². The standard InChI is InChI=1S/C14H18O.C3H8.2C2H6/c1-5-9-12-11(7-3)14(10-6-2)15-13(12)8-4;1-3-2;2*1-2/h6-8,10H,3-5,9H2,1-2H3;3H2,1-2H3;2*1-2H3/b10-6-;;;. The summed E-state index contributed by atoms with van der Waals surface area (Å²) in [6, 6.07) is 0. The van der Waals surface area contributed by atoms with Gasteiger partial charge in [-0.05, 0) is 25.5 Å². The Morgan fingerprint density at radius 1 is 0.909 bits per heavy atom. The van der Waals surface area contributed by atoms with Crippen molar-refractivity contribution in [3.63, 3.8) is 0 Å². The van der Waals surface area contributed by atoms with Crippen LogP contribution in [0.5, 0.6) is 0 Å². The Kier molecular flexibility index (Phi) is 22.6. The van der Waals surface area contributed by atoms with Crippen LogP contribution in [0.3, 0.4) is 0 Å². The van der Waals surface area contributed by atoms with E-state index in [1.54, 1.807) is 6.08 Å². The maximum Gasteiger partial charge on any atom is 0.134 e. The van der Waals surface area contributed by atoms with Gasteiger partial charge in [-0.3, -0.25) is 0 Å². The lowest BCUT2D eigenvalue weighted by molar-refractivity contribution is 0.543. The van der Waals surface area contributed by atoms with Crippen molar-refractivity contribution in [2.45, 2.75) is 74.7 Å². The maximum atomic E-state index is 5.70. The van der Waals surface area contributed by atoms with Crippen molar-refractivity contribution in [3.8, 4) is 0 Å². The minimum absolute atomic E-state index is 0.875. The molecule has 1 aromatic rings. The first-order valence-corrected chi connectivity index (χ1v) is 8.73. The Labute approximate surface area is 139 Å². The van der Waals surface area contributed by atoms with Crippen LogP contribution in [0.25, 0.3) is 18.2 Å². The molecule has 0 fully saturated rings. The summed E-state index contributed by atoms with van der Waals surface area (Å²) < 4.78 is 5.70. The third-order valence-corrected chi connectivity index (χ3v) is 2.32. The van der Waals surface area contributed by atoms with Crippen LogP contribution in [0.2, 0.25) is 0 Å². The fourth-order valence-electron chi connectivity index (χ4n) is 1.69. The summed E-state index contributed by atoms with van der Waals surface area (Å²) in [6.45, 7) is 24.0. The molecule has 1 rings (SSSR count). The minimum atomic E-state index is 0.875. The number of furan rings is 1. The summed E-state index contributed by atoms with van der Waals surface area (Å²) in [5.41, 5.74) is 2.32. The van der Waals surface area contributed by atoms with E-state index in [4.69, 9.17) is 4.42 Å². The molecule has 0 spiro atoms. The fourth-order valence-corrected chi connectivity index (χ4v) is 1.69. The van der Waals surface area contributed by atoms with Gasteiger partial charge < -0.3 is 4.42 Å². The highest BCUT2D eigenvalue weighted by molar-refractivity contribution is 5.68. The first kappa shape index (κ1) is 25.5. The lowest BCUT2D eigenvalue weighted by atomic mass is 10.0. The van der Waals surface area contributed by atoms with Gasteiger partial charge in [-0.15, -0.1) is 0 Å². The zero-order chi connectivity index (χ0) is 18.0. The van der Waals surface area contributed by atoms with Gasteiger partial charge in [0.05, 0.1) is 0 Å². The molecular weight excluding hydrogens is 268 g/mol. The van der Waals surface area contributed by atoms with E-state index >= 15 is 0 Å². The molecule has 0 radical (unpaired) electrons. The molecule has 22 heavy (non-hydrogen) atoms. The first-order valence-electron chi connectivity index (χ1n) is 8.73. The van der Waals surface area contributed by atoms with Gasteiger partial charge in [0.25, 0.3) is 0 Å². The van der Waals surface area contributed by atoms with Crippen molar-refractivity contribution in [1.82, 2.24) is 0 Å². The van der Waals surface area contributed by atoms with E-state index in [1.165, 1.54) is 12.0 Å². The summed E-state index contributed by atoms with van der Waals surface area (Å²) in [5.74, 6) is 1.76. The number of hydrogen-bond donors (Lipinski definition) is 0. The Bertz CT molecular complexity index is 394. The molecular formula is C21H38O. The number of rotatable bonds is 5.